The van der Waals surface area contributed by atoms with Crippen LogP contribution in [0.5, 0.6) is 0 Å². The van der Waals surface area contributed by atoms with E-state index in [2.05, 4.69) is 4.98 Å². The number of aromatic nitrogens is 1. The fraction of sp³-hybridized carbons (Fsp3) is 0.294. The Balaban J connectivity index is 1.90. The Labute approximate surface area is 148 Å². The first-order valence-corrected chi connectivity index (χ1v) is 9.30. The monoisotopic (exact) mass is 381 g/mol. The highest BCUT2D eigenvalue weighted by atomic mass is 32.2. The normalized spacial score (nSPS) is 17.9. The first kappa shape index (κ1) is 18.2. The smallest absolute Gasteiger partial charge is 0.355 e. The third-order valence-electron chi connectivity index (χ3n) is 4.26. The summed E-state index contributed by atoms with van der Waals surface area (Å²) in [4.78, 5) is 5.08. The Morgan fingerprint density at radius 3 is 2.58 bits per heavy atom. The highest BCUT2D eigenvalue weighted by Gasteiger charge is 2.41. The number of nitrogens with zero attached hydrogens (tertiary/aromatic N) is 3. The average molecular weight is 381 g/mol. The van der Waals surface area contributed by atoms with Crippen LogP contribution in [0, 0.1) is 11.3 Å². The van der Waals surface area contributed by atoms with Crippen molar-refractivity contribution >= 4 is 15.7 Å². The molecular formula is C17H14F3N3O2S. The molecule has 0 amide bonds. The lowest BCUT2D eigenvalue weighted by Crippen LogP contribution is -2.29. The first-order valence-electron chi connectivity index (χ1n) is 7.75. The van der Waals surface area contributed by atoms with Crippen LogP contribution in [0.4, 0.5) is 19.0 Å². The number of halogens is 3. The van der Waals surface area contributed by atoms with Gasteiger partial charge in [-0.2, -0.15) is 18.4 Å². The summed E-state index contributed by atoms with van der Waals surface area (Å²) in [5.74, 6) is 0.436. The van der Waals surface area contributed by atoms with Gasteiger partial charge in [0, 0.05) is 13.1 Å². The number of nitriles is 1. The van der Waals surface area contributed by atoms with E-state index in [1.54, 1.807) is 17.0 Å². The molecule has 1 fully saturated rings. The second-order valence-corrected chi connectivity index (χ2v) is 8.08. The van der Waals surface area contributed by atoms with Gasteiger partial charge in [-0.1, -0.05) is 18.2 Å². The van der Waals surface area contributed by atoms with Crippen LogP contribution in [0.1, 0.15) is 17.7 Å². The molecular weight excluding hydrogens is 367 g/mol. The minimum atomic E-state index is -4.75. The summed E-state index contributed by atoms with van der Waals surface area (Å²) in [5, 5.41) is 7.93. The number of sulfone groups is 1. The maximum Gasteiger partial charge on any atom is 0.417 e. The van der Waals surface area contributed by atoms with Crippen LogP contribution >= 0.6 is 0 Å². The van der Waals surface area contributed by atoms with Gasteiger partial charge in [-0.05, 0) is 30.7 Å². The van der Waals surface area contributed by atoms with E-state index in [1.807, 2.05) is 6.07 Å². The van der Waals surface area contributed by atoms with Crippen LogP contribution in [-0.4, -0.2) is 31.7 Å². The quantitative estimate of drug-likeness (QED) is 0.817. The minimum absolute atomic E-state index is 0.0242. The Morgan fingerprint density at radius 2 is 1.88 bits per heavy atom. The van der Waals surface area contributed by atoms with Crippen LogP contribution in [0.3, 0.4) is 0 Å². The lowest BCUT2D eigenvalue weighted by Gasteiger charge is -2.19. The Morgan fingerprint density at radius 1 is 1.15 bits per heavy atom. The van der Waals surface area contributed by atoms with E-state index in [0.717, 1.165) is 12.1 Å². The number of rotatable bonds is 3. The maximum atomic E-state index is 13.2. The van der Waals surface area contributed by atoms with Crippen molar-refractivity contribution in [2.75, 3.05) is 18.0 Å². The van der Waals surface area contributed by atoms with Crippen LogP contribution in [0.2, 0.25) is 0 Å². The molecule has 5 nitrogen and oxygen atoms in total. The summed E-state index contributed by atoms with van der Waals surface area (Å²) in [5.41, 5.74) is -0.959. The number of alkyl halides is 3. The number of hydrogen-bond donors (Lipinski definition) is 0. The van der Waals surface area contributed by atoms with Gasteiger partial charge in [-0.3, -0.25) is 0 Å². The maximum absolute atomic E-state index is 13.2. The van der Waals surface area contributed by atoms with Crippen LogP contribution in [0.15, 0.2) is 47.4 Å². The summed E-state index contributed by atoms with van der Waals surface area (Å²) in [6.45, 7) is 0.358. The van der Waals surface area contributed by atoms with Crippen LogP contribution < -0.4 is 4.90 Å². The molecule has 0 radical (unpaired) electrons. The van der Waals surface area contributed by atoms with E-state index >= 15 is 0 Å². The molecule has 1 aliphatic rings. The highest BCUT2D eigenvalue weighted by molar-refractivity contribution is 7.92. The SMILES string of the molecule is N#Cc1cccc(N2CC[C@H](S(=O)(=O)c3ccccc3C(F)(F)F)C2)n1. The van der Waals surface area contributed by atoms with Crippen molar-refractivity contribution in [1.29, 1.82) is 5.26 Å². The fourth-order valence-corrected chi connectivity index (χ4v) is 4.89. The fourth-order valence-electron chi connectivity index (χ4n) is 2.98. The lowest BCUT2D eigenvalue weighted by atomic mass is 10.2. The van der Waals surface area contributed by atoms with Crippen molar-refractivity contribution in [3.8, 4) is 6.07 Å². The largest absolute Gasteiger partial charge is 0.417 e. The highest BCUT2D eigenvalue weighted by Crippen LogP contribution is 2.37. The third-order valence-corrected chi connectivity index (χ3v) is 6.49. The van der Waals surface area contributed by atoms with Crippen molar-refractivity contribution in [3.63, 3.8) is 0 Å². The Hall–Kier alpha value is -2.60. The number of pyridine rings is 1. The van der Waals surface area contributed by atoms with E-state index in [4.69, 9.17) is 5.26 Å². The number of anilines is 1. The number of hydrogen-bond acceptors (Lipinski definition) is 5. The van der Waals surface area contributed by atoms with Crippen molar-refractivity contribution in [1.82, 2.24) is 4.98 Å². The third kappa shape index (κ3) is 3.37. The van der Waals surface area contributed by atoms with Gasteiger partial charge in [0.1, 0.15) is 17.6 Å². The van der Waals surface area contributed by atoms with Gasteiger partial charge in [-0.25, -0.2) is 13.4 Å². The molecule has 0 aliphatic carbocycles. The average Bonchev–Trinajstić information content (AvgIpc) is 3.12. The van der Waals surface area contributed by atoms with Crippen molar-refractivity contribution in [3.05, 3.63) is 53.7 Å². The zero-order valence-corrected chi connectivity index (χ0v) is 14.3. The molecule has 1 atom stereocenters. The van der Waals surface area contributed by atoms with Crippen LogP contribution in [-0.2, 0) is 16.0 Å². The number of benzene rings is 1. The van der Waals surface area contributed by atoms with Gasteiger partial charge < -0.3 is 4.90 Å². The first-order chi connectivity index (χ1) is 12.2. The van der Waals surface area contributed by atoms with Gasteiger partial charge in [-0.15, -0.1) is 0 Å². The molecule has 0 N–H and O–H groups in total. The summed E-state index contributed by atoms with van der Waals surface area (Å²) < 4.78 is 65.1. The standard InChI is InChI=1S/C17H14F3N3O2S/c18-17(19,20)14-5-1-2-6-15(14)26(24,25)13-8-9-23(11-13)16-7-3-4-12(10-21)22-16/h1-7,13H,8-9,11H2/t13-/m0/s1. The van der Waals surface area contributed by atoms with E-state index in [9.17, 15) is 21.6 Å². The zero-order chi connectivity index (χ0) is 18.9. The molecule has 0 unspecified atom stereocenters. The van der Waals surface area contributed by atoms with Gasteiger partial charge in [0.2, 0.25) is 0 Å². The summed E-state index contributed by atoms with van der Waals surface area (Å²) in [7, 11) is -4.16. The van der Waals surface area contributed by atoms with E-state index < -0.39 is 31.7 Å². The van der Waals surface area contributed by atoms with Crippen LogP contribution in [0.25, 0.3) is 0 Å². The van der Waals surface area contributed by atoms with Crippen molar-refractivity contribution in [2.24, 2.45) is 0 Å². The molecule has 0 spiro atoms. The van der Waals surface area contributed by atoms with Gasteiger partial charge in [0.05, 0.1) is 15.7 Å². The van der Waals surface area contributed by atoms with Gasteiger partial charge in [0.15, 0.2) is 9.84 Å². The molecule has 1 aromatic heterocycles. The summed E-state index contributed by atoms with van der Waals surface area (Å²) in [6.07, 6.45) is -4.56. The molecule has 136 valence electrons. The topological polar surface area (TPSA) is 74.1 Å². The predicted octanol–water partition coefficient (Wildman–Crippen LogP) is 3.02. The molecule has 0 saturated carbocycles. The molecule has 1 aliphatic heterocycles. The van der Waals surface area contributed by atoms with E-state index in [-0.39, 0.29) is 18.7 Å². The van der Waals surface area contributed by atoms with Gasteiger partial charge in [0.25, 0.3) is 0 Å². The predicted molar refractivity (Wildman–Crippen MR) is 88.2 cm³/mol. The summed E-state index contributed by atoms with van der Waals surface area (Å²) in [6, 6.07) is 10.9. The molecule has 0 bridgehead atoms. The van der Waals surface area contributed by atoms with Gasteiger partial charge >= 0.3 is 6.18 Å². The molecule has 9 heteroatoms. The molecule has 1 saturated heterocycles. The van der Waals surface area contributed by atoms with E-state index in [1.165, 1.54) is 18.2 Å². The summed E-state index contributed by atoms with van der Waals surface area (Å²) >= 11 is 0. The molecule has 2 heterocycles. The minimum Gasteiger partial charge on any atom is -0.355 e. The second-order valence-electron chi connectivity index (χ2n) is 5.89. The molecule has 26 heavy (non-hydrogen) atoms. The molecule has 3 rings (SSSR count). The van der Waals surface area contributed by atoms with E-state index in [0.29, 0.717) is 12.4 Å². The zero-order valence-electron chi connectivity index (χ0n) is 13.4. The van der Waals surface area contributed by atoms with Crippen molar-refractivity contribution in [2.45, 2.75) is 22.7 Å². The Kier molecular flexibility index (Phi) is 4.63. The molecule has 2 aromatic rings. The Bertz CT molecular complexity index is 968. The second kappa shape index (κ2) is 6.61. The lowest BCUT2D eigenvalue weighted by molar-refractivity contribution is -0.139. The molecule has 1 aromatic carbocycles. The van der Waals surface area contributed by atoms with Crippen molar-refractivity contribution < 1.29 is 21.6 Å².